The molecule has 0 aliphatic rings. The predicted octanol–water partition coefficient (Wildman–Crippen LogP) is 2.69. The fourth-order valence-electron chi connectivity index (χ4n) is 1.29. The molecule has 0 bridgehead atoms. The van der Waals surface area contributed by atoms with E-state index in [9.17, 15) is 4.79 Å². The number of carbonyl (C=O) groups is 1. The molecule has 0 aliphatic carbocycles. The van der Waals surface area contributed by atoms with E-state index >= 15 is 0 Å². The third-order valence-electron chi connectivity index (χ3n) is 2.07. The van der Waals surface area contributed by atoms with Gasteiger partial charge in [-0.3, -0.25) is 4.79 Å². The molecule has 1 aromatic carbocycles. The maximum Gasteiger partial charge on any atom is 0.251 e. The molecule has 0 aromatic heterocycles. The number of hydrogen-bond donors (Lipinski definition) is 1. The molecule has 0 fully saturated rings. The van der Waals surface area contributed by atoms with Crippen LogP contribution in [0.1, 0.15) is 24.2 Å². The highest BCUT2D eigenvalue weighted by Crippen LogP contribution is 2.07. The number of halogens is 1. The van der Waals surface area contributed by atoms with Gasteiger partial charge in [-0.2, -0.15) is 0 Å². The number of carbonyl (C=O) groups excluding carboxylic acids is 1. The topological polar surface area (TPSA) is 38.3 Å². The second kappa shape index (κ2) is 7.66. The average Bonchev–Trinajstić information content (AvgIpc) is 2.28. The Morgan fingerprint density at radius 2 is 2.24 bits per heavy atom. The summed E-state index contributed by atoms with van der Waals surface area (Å²) in [5.74, 6) is 0.484. The Labute approximate surface area is 116 Å². The molecule has 1 amide bonds. The molecule has 3 nitrogen and oxygen atoms in total. The molecule has 4 heteroatoms. The quantitative estimate of drug-likeness (QED) is 0.635. The van der Waals surface area contributed by atoms with Gasteiger partial charge in [0.15, 0.2) is 0 Å². The summed E-state index contributed by atoms with van der Waals surface area (Å²) in [7, 11) is 0. The lowest BCUT2D eigenvalue weighted by atomic mass is 10.2. The molecule has 0 radical (unpaired) electrons. The Hall–Kier alpha value is -0.620. The normalized spacial score (nSPS) is 10.6. The van der Waals surface area contributed by atoms with Crippen molar-refractivity contribution < 1.29 is 9.53 Å². The molecule has 0 spiro atoms. The minimum absolute atomic E-state index is 0.0448. The van der Waals surface area contributed by atoms with Gasteiger partial charge in [0.05, 0.1) is 6.61 Å². The van der Waals surface area contributed by atoms with Gasteiger partial charge < -0.3 is 10.1 Å². The van der Waals surface area contributed by atoms with E-state index in [1.54, 1.807) is 0 Å². The molecule has 94 valence electrons. The fourth-order valence-corrected chi connectivity index (χ4v) is 1.83. The molecule has 0 heterocycles. The average molecular weight is 347 g/mol. The lowest BCUT2D eigenvalue weighted by molar-refractivity contribution is 0.0886. The van der Waals surface area contributed by atoms with Crippen LogP contribution in [0.3, 0.4) is 0 Å². The molecule has 0 atom stereocenters. The summed E-state index contributed by atoms with van der Waals surface area (Å²) < 4.78 is 6.45. The minimum atomic E-state index is -0.0448. The fraction of sp³-hybridized carbons (Fsp3) is 0.462. The summed E-state index contributed by atoms with van der Waals surface area (Å²) in [6.45, 7) is 6.05. The van der Waals surface area contributed by atoms with Crippen molar-refractivity contribution in [3.63, 3.8) is 0 Å². The zero-order valence-corrected chi connectivity index (χ0v) is 12.4. The molecule has 17 heavy (non-hydrogen) atoms. The van der Waals surface area contributed by atoms with Gasteiger partial charge in [-0.05, 0) is 46.7 Å². The van der Waals surface area contributed by atoms with E-state index in [0.29, 0.717) is 24.6 Å². The van der Waals surface area contributed by atoms with Crippen LogP contribution >= 0.6 is 22.6 Å². The number of amides is 1. The Bertz CT molecular complexity index is 366. The van der Waals surface area contributed by atoms with Gasteiger partial charge in [-0.15, -0.1) is 0 Å². The van der Waals surface area contributed by atoms with Gasteiger partial charge in [0.2, 0.25) is 0 Å². The molecule has 1 aromatic rings. The third-order valence-corrected chi connectivity index (χ3v) is 2.74. The summed E-state index contributed by atoms with van der Waals surface area (Å²) >= 11 is 2.19. The number of ether oxygens (including phenoxy) is 1. The van der Waals surface area contributed by atoms with Crippen LogP contribution in [0, 0.1) is 9.49 Å². The standard InChI is InChI=1S/C13H18INO2/c1-10(2)9-17-7-6-15-13(16)11-4-3-5-12(14)8-11/h3-5,8,10H,6-7,9H2,1-2H3,(H,15,16). The molecule has 0 saturated heterocycles. The van der Waals surface area contributed by atoms with Crippen molar-refractivity contribution >= 4 is 28.5 Å². The Kier molecular flexibility index (Phi) is 6.50. The van der Waals surface area contributed by atoms with Crippen molar-refractivity contribution in [2.75, 3.05) is 19.8 Å². The van der Waals surface area contributed by atoms with Gasteiger partial charge >= 0.3 is 0 Å². The van der Waals surface area contributed by atoms with E-state index in [-0.39, 0.29) is 5.91 Å². The minimum Gasteiger partial charge on any atom is -0.379 e. The molecule has 1 N–H and O–H groups in total. The highest BCUT2D eigenvalue weighted by Gasteiger charge is 2.04. The first-order chi connectivity index (χ1) is 8.09. The lowest BCUT2D eigenvalue weighted by Gasteiger charge is -2.08. The van der Waals surface area contributed by atoms with Crippen LogP contribution in [-0.2, 0) is 4.74 Å². The van der Waals surface area contributed by atoms with E-state index in [4.69, 9.17) is 4.74 Å². The van der Waals surface area contributed by atoms with E-state index in [1.807, 2.05) is 24.3 Å². The van der Waals surface area contributed by atoms with Crippen LogP contribution in [0.5, 0.6) is 0 Å². The van der Waals surface area contributed by atoms with Gasteiger partial charge in [0.1, 0.15) is 0 Å². The second-order valence-electron chi connectivity index (χ2n) is 4.24. The monoisotopic (exact) mass is 347 g/mol. The van der Waals surface area contributed by atoms with Crippen molar-refractivity contribution in [1.82, 2.24) is 5.32 Å². The van der Waals surface area contributed by atoms with Crippen LogP contribution in [-0.4, -0.2) is 25.7 Å². The third kappa shape index (κ3) is 6.02. The van der Waals surface area contributed by atoms with Gasteiger partial charge in [-0.1, -0.05) is 19.9 Å². The molecule has 0 unspecified atom stereocenters. The Morgan fingerprint density at radius 3 is 2.88 bits per heavy atom. The smallest absolute Gasteiger partial charge is 0.251 e. The largest absolute Gasteiger partial charge is 0.379 e. The number of benzene rings is 1. The maximum atomic E-state index is 11.7. The Balaban J connectivity index is 2.26. The molecular weight excluding hydrogens is 329 g/mol. The summed E-state index contributed by atoms with van der Waals surface area (Å²) in [5, 5.41) is 2.83. The lowest BCUT2D eigenvalue weighted by Crippen LogP contribution is -2.27. The van der Waals surface area contributed by atoms with Gasteiger partial charge in [-0.25, -0.2) is 0 Å². The van der Waals surface area contributed by atoms with Crippen LogP contribution in [0.4, 0.5) is 0 Å². The number of rotatable bonds is 6. The summed E-state index contributed by atoms with van der Waals surface area (Å²) in [6.07, 6.45) is 0. The molecule has 0 aliphatic heterocycles. The second-order valence-corrected chi connectivity index (χ2v) is 5.48. The first kappa shape index (κ1) is 14.4. The van der Waals surface area contributed by atoms with Crippen LogP contribution in [0.2, 0.25) is 0 Å². The van der Waals surface area contributed by atoms with E-state index in [0.717, 1.165) is 10.2 Å². The SMILES string of the molecule is CC(C)COCCNC(=O)c1cccc(I)c1. The van der Waals surface area contributed by atoms with Crippen LogP contribution in [0.15, 0.2) is 24.3 Å². The van der Waals surface area contributed by atoms with Gasteiger partial charge in [0.25, 0.3) is 5.91 Å². The Morgan fingerprint density at radius 1 is 1.47 bits per heavy atom. The zero-order chi connectivity index (χ0) is 12.7. The highest BCUT2D eigenvalue weighted by molar-refractivity contribution is 14.1. The molecule has 0 saturated carbocycles. The predicted molar refractivity (Wildman–Crippen MR) is 77.1 cm³/mol. The van der Waals surface area contributed by atoms with Crippen LogP contribution < -0.4 is 5.32 Å². The zero-order valence-electron chi connectivity index (χ0n) is 10.2. The molecular formula is C13H18INO2. The van der Waals surface area contributed by atoms with Crippen molar-refractivity contribution in [2.45, 2.75) is 13.8 Å². The van der Waals surface area contributed by atoms with Crippen molar-refractivity contribution in [3.05, 3.63) is 33.4 Å². The summed E-state index contributed by atoms with van der Waals surface area (Å²) in [6, 6.07) is 7.52. The highest BCUT2D eigenvalue weighted by atomic mass is 127. The van der Waals surface area contributed by atoms with E-state index < -0.39 is 0 Å². The maximum absolute atomic E-state index is 11.7. The van der Waals surface area contributed by atoms with Crippen molar-refractivity contribution in [2.24, 2.45) is 5.92 Å². The summed E-state index contributed by atoms with van der Waals surface area (Å²) in [5.41, 5.74) is 0.695. The summed E-state index contributed by atoms with van der Waals surface area (Å²) in [4.78, 5) is 11.7. The van der Waals surface area contributed by atoms with Crippen LogP contribution in [0.25, 0.3) is 0 Å². The van der Waals surface area contributed by atoms with E-state index in [2.05, 4.69) is 41.8 Å². The molecule has 1 rings (SSSR count). The van der Waals surface area contributed by atoms with Crippen molar-refractivity contribution in [1.29, 1.82) is 0 Å². The number of hydrogen-bond acceptors (Lipinski definition) is 2. The van der Waals surface area contributed by atoms with E-state index in [1.165, 1.54) is 0 Å². The number of nitrogens with one attached hydrogen (secondary N) is 1. The first-order valence-corrected chi connectivity index (χ1v) is 6.79. The van der Waals surface area contributed by atoms with Gasteiger partial charge in [0, 0.05) is 22.3 Å². The van der Waals surface area contributed by atoms with Crippen molar-refractivity contribution in [3.8, 4) is 0 Å². The first-order valence-electron chi connectivity index (χ1n) is 5.71.